The van der Waals surface area contributed by atoms with Gasteiger partial charge in [-0.2, -0.15) is 11.8 Å². The lowest BCUT2D eigenvalue weighted by Crippen LogP contribution is -2.39. The van der Waals surface area contributed by atoms with Crippen molar-refractivity contribution in [2.45, 2.75) is 25.0 Å². The number of aliphatic hydroxyl groups is 1. The fourth-order valence-corrected chi connectivity index (χ4v) is 2.68. The monoisotopic (exact) mass is 231 g/mol. The Kier molecular flexibility index (Phi) is 6.59. The second-order valence-corrected chi connectivity index (χ2v) is 4.91. The van der Waals surface area contributed by atoms with Crippen LogP contribution in [0.5, 0.6) is 0 Å². The summed E-state index contributed by atoms with van der Waals surface area (Å²) in [6.07, 6.45) is 2.61. The lowest BCUT2D eigenvalue weighted by molar-refractivity contribution is 0.300. The van der Waals surface area contributed by atoms with Gasteiger partial charge in [-0.25, -0.2) is 0 Å². The van der Waals surface area contributed by atoms with E-state index >= 15 is 0 Å². The number of hydrogen-bond acceptors (Lipinski definition) is 3. The van der Waals surface area contributed by atoms with Crippen molar-refractivity contribution in [1.82, 2.24) is 10.6 Å². The molecule has 1 unspecified atom stereocenters. The molecule has 0 radical (unpaired) electrons. The summed E-state index contributed by atoms with van der Waals surface area (Å²) in [5, 5.41) is 15.6. The average Bonchev–Trinajstić information content (AvgIpc) is 2.75. The number of thioether (sulfide) groups is 1. The Morgan fingerprint density at radius 2 is 2.40 bits per heavy atom. The summed E-state index contributed by atoms with van der Waals surface area (Å²) in [7, 11) is 0. The average molecular weight is 231 g/mol. The Morgan fingerprint density at radius 1 is 1.53 bits per heavy atom. The van der Waals surface area contributed by atoms with Crippen LogP contribution in [0.3, 0.4) is 0 Å². The second-order valence-electron chi connectivity index (χ2n) is 3.51. The van der Waals surface area contributed by atoms with E-state index in [1.807, 2.05) is 18.7 Å². The molecule has 1 fully saturated rings. The smallest absolute Gasteiger partial charge is 0.191 e. The van der Waals surface area contributed by atoms with Gasteiger partial charge in [-0.3, -0.25) is 4.99 Å². The molecule has 0 aliphatic carbocycles. The maximum atomic E-state index is 8.71. The van der Waals surface area contributed by atoms with Gasteiger partial charge in [0.05, 0.1) is 13.2 Å². The molecule has 0 amide bonds. The van der Waals surface area contributed by atoms with Crippen LogP contribution < -0.4 is 10.6 Å². The molecule has 0 aromatic carbocycles. The van der Waals surface area contributed by atoms with E-state index in [2.05, 4.69) is 15.6 Å². The van der Waals surface area contributed by atoms with E-state index in [4.69, 9.17) is 5.11 Å². The second kappa shape index (κ2) is 7.82. The van der Waals surface area contributed by atoms with E-state index in [0.717, 1.165) is 19.0 Å². The van der Waals surface area contributed by atoms with E-state index in [9.17, 15) is 0 Å². The van der Waals surface area contributed by atoms with Crippen LogP contribution in [0, 0.1) is 0 Å². The van der Waals surface area contributed by atoms with E-state index in [0.29, 0.717) is 11.8 Å². The molecule has 1 aliphatic heterocycles. The highest BCUT2D eigenvalue weighted by Crippen LogP contribution is 2.25. The Bertz CT molecular complexity index is 193. The molecule has 1 atom stereocenters. The molecule has 88 valence electrons. The van der Waals surface area contributed by atoms with Crippen molar-refractivity contribution in [2.24, 2.45) is 4.99 Å². The van der Waals surface area contributed by atoms with Crippen LogP contribution in [-0.2, 0) is 0 Å². The van der Waals surface area contributed by atoms with Gasteiger partial charge in [0.25, 0.3) is 0 Å². The molecule has 3 N–H and O–H groups in total. The Labute approximate surface area is 95.9 Å². The highest BCUT2D eigenvalue weighted by molar-refractivity contribution is 8.00. The van der Waals surface area contributed by atoms with Crippen LogP contribution in [-0.4, -0.2) is 48.3 Å². The minimum atomic E-state index is 0.141. The summed E-state index contributed by atoms with van der Waals surface area (Å²) in [5.74, 6) is 2.10. The van der Waals surface area contributed by atoms with Crippen molar-refractivity contribution in [3.05, 3.63) is 0 Å². The van der Waals surface area contributed by atoms with Gasteiger partial charge in [-0.1, -0.05) is 0 Å². The lowest BCUT2D eigenvalue weighted by atomic mass is 10.2. The molecular weight excluding hydrogens is 210 g/mol. The van der Waals surface area contributed by atoms with Crippen molar-refractivity contribution < 1.29 is 5.11 Å². The molecule has 0 aromatic heterocycles. The number of nitrogens with zero attached hydrogens (tertiary/aromatic N) is 1. The van der Waals surface area contributed by atoms with Crippen molar-refractivity contribution in [1.29, 1.82) is 0 Å². The summed E-state index contributed by atoms with van der Waals surface area (Å²) in [6, 6.07) is 0. The minimum Gasteiger partial charge on any atom is -0.395 e. The first kappa shape index (κ1) is 12.6. The molecule has 0 saturated carbocycles. The molecule has 1 heterocycles. The van der Waals surface area contributed by atoms with Gasteiger partial charge >= 0.3 is 0 Å². The molecule has 1 rings (SSSR count). The van der Waals surface area contributed by atoms with E-state index < -0.39 is 0 Å². The predicted molar refractivity (Wildman–Crippen MR) is 66.5 cm³/mol. The number of aliphatic imine (C=N–C) groups is 1. The normalized spacial score (nSPS) is 21.7. The molecule has 0 bridgehead atoms. The topological polar surface area (TPSA) is 56.7 Å². The van der Waals surface area contributed by atoms with Gasteiger partial charge in [-0.05, 0) is 25.5 Å². The van der Waals surface area contributed by atoms with Crippen LogP contribution in [0.25, 0.3) is 0 Å². The van der Waals surface area contributed by atoms with Gasteiger partial charge in [0.2, 0.25) is 0 Å². The summed E-state index contributed by atoms with van der Waals surface area (Å²) in [5.41, 5.74) is 0. The summed E-state index contributed by atoms with van der Waals surface area (Å²) in [4.78, 5) is 4.50. The third kappa shape index (κ3) is 5.28. The number of nitrogens with one attached hydrogen (secondary N) is 2. The molecule has 1 saturated heterocycles. The summed E-state index contributed by atoms with van der Waals surface area (Å²) < 4.78 is 0. The zero-order valence-electron chi connectivity index (χ0n) is 9.33. The SMILES string of the molecule is CCNC(=NCC1CCCS1)NCCO. The molecule has 15 heavy (non-hydrogen) atoms. The quantitative estimate of drug-likeness (QED) is 0.474. The van der Waals surface area contributed by atoms with Crippen molar-refractivity contribution in [2.75, 3.05) is 32.0 Å². The first-order chi connectivity index (χ1) is 7.36. The zero-order valence-corrected chi connectivity index (χ0v) is 10.1. The highest BCUT2D eigenvalue weighted by atomic mass is 32.2. The Hall–Kier alpha value is -0.420. The molecule has 4 nitrogen and oxygen atoms in total. The molecule has 1 aliphatic rings. The van der Waals surface area contributed by atoms with E-state index in [1.54, 1.807) is 0 Å². The first-order valence-electron chi connectivity index (χ1n) is 5.61. The van der Waals surface area contributed by atoms with Crippen molar-refractivity contribution >= 4 is 17.7 Å². The van der Waals surface area contributed by atoms with E-state index in [1.165, 1.54) is 18.6 Å². The number of hydrogen-bond donors (Lipinski definition) is 3. The minimum absolute atomic E-state index is 0.141. The standard InChI is InChI=1S/C10H21N3OS/c1-2-11-10(12-5-6-14)13-8-9-4-3-7-15-9/h9,14H,2-8H2,1H3,(H2,11,12,13). The Morgan fingerprint density at radius 3 is 3.00 bits per heavy atom. The third-order valence-electron chi connectivity index (χ3n) is 2.23. The van der Waals surface area contributed by atoms with Crippen LogP contribution in [0.2, 0.25) is 0 Å². The fraction of sp³-hybridized carbons (Fsp3) is 0.900. The van der Waals surface area contributed by atoms with E-state index in [-0.39, 0.29) is 6.61 Å². The fourth-order valence-electron chi connectivity index (χ4n) is 1.50. The maximum Gasteiger partial charge on any atom is 0.191 e. The molecule has 5 heteroatoms. The van der Waals surface area contributed by atoms with Crippen LogP contribution in [0.15, 0.2) is 4.99 Å². The maximum absolute atomic E-state index is 8.71. The van der Waals surface area contributed by atoms with Crippen LogP contribution in [0.1, 0.15) is 19.8 Å². The van der Waals surface area contributed by atoms with Crippen molar-refractivity contribution in [3.63, 3.8) is 0 Å². The summed E-state index contributed by atoms with van der Waals surface area (Å²) in [6.45, 7) is 4.48. The van der Waals surface area contributed by atoms with Crippen molar-refractivity contribution in [3.8, 4) is 0 Å². The first-order valence-corrected chi connectivity index (χ1v) is 6.66. The van der Waals surface area contributed by atoms with Crippen LogP contribution in [0.4, 0.5) is 0 Å². The van der Waals surface area contributed by atoms with Gasteiger partial charge < -0.3 is 15.7 Å². The summed E-state index contributed by atoms with van der Waals surface area (Å²) >= 11 is 2.01. The number of aliphatic hydroxyl groups excluding tert-OH is 1. The molecule has 0 aromatic rings. The van der Waals surface area contributed by atoms with Gasteiger partial charge in [0.1, 0.15) is 0 Å². The molecule has 0 spiro atoms. The van der Waals surface area contributed by atoms with Gasteiger partial charge in [0.15, 0.2) is 5.96 Å². The van der Waals surface area contributed by atoms with Crippen LogP contribution >= 0.6 is 11.8 Å². The zero-order chi connectivity index (χ0) is 10.9. The number of rotatable bonds is 5. The largest absolute Gasteiger partial charge is 0.395 e. The molecular formula is C10H21N3OS. The van der Waals surface area contributed by atoms with Gasteiger partial charge in [-0.15, -0.1) is 0 Å². The highest BCUT2D eigenvalue weighted by Gasteiger charge is 2.14. The van der Waals surface area contributed by atoms with Gasteiger partial charge in [0, 0.05) is 18.3 Å². The lowest BCUT2D eigenvalue weighted by Gasteiger charge is -2.11. The third-order valence-corrected chi connectivity index (χ3v) is 3.61. The predicted octanol–water partition coefficient (Wildman–Crippen LogP) is 0.429. The number of guanidine groups is 1. The Balaban J connectivity index is 2.28.